The lowest BCUT2D eigenvalue weighted by Crippen LogP contribution is -2.42. The number of hydrogen-bond donors (Lipinski definition) is 2. The number of amides is 1. The lowest BCUT2D eigenvalue weighted by molar-refractivity contribution is -0.126. The van der Waals surface area contributed by atoms with Gasteiger partial charge in [0.1, 0.15) is 0 Å². The predicted molar refractivity (Wildman–Crippen MR) is 75.3 cm³/mol. The molecule has 0 spiro atoms. The number of carbonyl (C=O) groups is 2. The van der Waals surface area contributed by atoms with E-state index in [1.54, 1.807) is 24.3 Å². The molecule has 0 unspecified atom stereocenters. The van der Waals surface area contributed by atoms with Crippen LogP contribution < -0.4 is 10.6 Å². The fraction of sp³-hybridized carbons (Fsp3) is 0.467. The predicted octanol–water partition coefficient (Wildman–Crippen LogP) is 2.22. The molecule has 1 aromatic carbocycles. The number of rotatable bonds is 3. The first-order valence-electron chi connectivity index (χ1n) is 6.64. The summed E-state index contributed by atoms with van der Waals surface area (Å²) in [6.07, 6.45) is 1.70. The number of nitrogens with one attached hydrogen (secondary N) is 2. The molecular weight excluding hydrogens is 240 g/mol. The highest BCUT2D eigenvalue weighted by molar-refractivity contribution is 5.97. The molecule has 0 atom stereocenters. The van der Waals surface area contributed by atoms with Crippen molar-refractivity contribution >= 4 is 17.4 Å². The van der Waals surface area contributed by atoms with E-state index in [9.17, 15) is 9.59 Å². The highest BCUT2D eigenvalue weighted by Crippen LogP contribution is 2.29. The van der Waals surface area contributed by atoms with Crippen LogP contribution in [0.5, 0.6) is 0 Å². The Balaban J connectivity index is 2.04. The van der Waals surface area contributed by atoms with Crippen LogP contribution in [0.3, 0.4) is 0 Å². The Bertz CT molecular complexity index is 473. The van der Waals surface area contributed by atoms with Crippen molar-refractivity contribution in [1.29, 1.82) is 0 Å². The Morgan fingerprint density at radius 3 is 2.26 bits per heavy atom. The van der Waals surface area contributed by atoms with Gasteiger partial charge < -0.3 is 10.6 Å². The third-order valence-electron chi connectivity index (χ3n) is 3.80. The van der Waals surface area contributed by atoms with E-state index in [1.165, 1.54) is 6.92 Å². The standard InChI is InChI=1S/C15H20N2O2/c1-11(18)12-3-5-13(6-4-12)17-14(19)15(2)7-9-16-10-8-15/h3-6,16H,7-10H2,1-2H3,(H,17,19). The molecule has 19 heavy (non-hydrogen) atoms. The number of piperidine rings is 1. The monoisotopic (exact) mass is 260 g/mol. The number of benzene rings is 1. The maximum Gasteiger partial charge on any atom is 0.230 e. The second-order valence-corrected chi connectivity index (χ2v) is 5.40. The first-order chi connectivity index (χ1) is 9.01. The van der Waals surface area contributed by atoms with Gasteiger partial charge in [0.2, 0.25) is 5.91 Å². The maximum atomic E-state index is 12.3. The SMILES string of the molecule is CC(=O)c1ccc(NC(=O)C2(C)CCNCC2)cc1. The van der Waals surface area contributed by atoms with Crippen LogP contribution in [0.2, 0.25) is 0 Å². The van der Waals surface area contributed by atoms with Gasteiger partial charge in [0, 0.05) is 16.7 Å². The van der Waals surface area contributed by atoms with Crippen LogP contribution in [-0.4, -0.2) is 24.8 Å². The molecular formula is C15H20N2O2. The lowest BCUT2D eigenvalue weighted by atomic mass is 9.80. The number of anilines is 1. The first-order valence-corrected chi connectivity index (χ1v) is 6.64. The molecule has 1 heterocycles. The molecule has 0 aromatic heterocycles. The molecule has 1 fully saturated rings. The van der Waals surface area contributed by atoms with Crippen molar-refractivity contribution in [1.82, 2.24) is 5.32 Å². The minimum absolute atomic E-state index is 0.0307. The van der Waals surface area contributed by atoms with Crippen LogP contribution >= 0.6 is 0 Å². The molecule has 0 radical (unpaired) electrons. The van der Waals surface area contributed by atoms with Crippen LogP contribution in [0, 0.1) is 5.41 Å². The van der Waals surface area contributed by atoms with Crippen molar-refractivity contribution in [2.45, 2.75) is 26.7 Å². The van der Waals surface area contributed by atoms with Gasteiger partial charge in [0.15, 0.2) is 5.78 Å². The smallest absolute Gasteiger partial charge is 0.230 e. The average molecular weight is 260 g/mol. The molecule has 1 aliphatic heterocycles. The van der Waals surface area contributed by atoms with Crippen molar-refractivity contribution in [3.05, 3.63) is 29.8 Å². The summed E-state index contributed by atoms with van der Waals surface area (Å²) < 4.78 is 0. The van der Waals surface area contributed by atoms with Crippen molar-refractivity contribution in [2.75, 3.05) is 18.4 Å². The molecule has 1 amide bonds. The van der Waals surface area contributed by atoms with Gasteiger partial charge in [-0.25, -0.2) is 0 Å². The zero-order valence-corrected chi connectivity index (χ0v) is 11.5. The highest BCUT2D eigenvalue weighted by Gasteiger charge is 2.34. The van der Waals surface area contributed by atoms with E-state index in [2.05, 4.69) is 10.6 Å². The van der Waals surface area contributed by atoms with Crippen molar-refractivity contribution in [2.24, 2.45) is 5.41 Å². The Hall–Kier alpha value is -1.68. The summed E-state index contributed by atoms with van der Waals surface area (Å²) in [4.78, 5) is 23.5. The number of ketones is 1. The summed E-state index contributed by atoms with van der Waals surface area (Å²) in [6, 6.07) is 7.03. The van der Waals surface area contributed by atoms with Gasteiger partial charge in [0.25, 0.3) is 0 Å². The summed E-state index contributed by atoms with van der Waals surface area (Å²) in [5, 5.41) is 6.20. The van der Waals surface area contributed by atoms with Gasteiger partial charge in [-0.1, -0.05) is 6.92 Å². The van der Waals surface area contributed by atoms with E-state index in [0.717, 1.165) is 31.6 Å². The molecule has 4 heteroatoms. The van der Waals surface area contributed by atoms with Crippen LogP contribution in [-0.2, 0) is 4.79 Å². The topological polar surface area (TPSA) is 58.2 Å². The third-order valence-corrected chi connectivity index (χ3v) is 3.80. The van der Waals surface area contributed by atoms with Crippen LogP contribution in [0.4, 0.5) is 5.69 Å². The quantitative estimate of drug-likeness (QED) is 0.819. The van der Waals surface area contributed by atoms with Crippen LogP contribution in [0.15, 0.2) is 24.3 Å². The summed E-state index contributed by atoms with van der Waals surface area (Å²) in [7, 11) is 0. The lowest BCUT2D eigenvalue weighted by Gasteiger charge is -2.32. The fourth-order valence-corrected chi connectivity index (χ4v) is 2.28. The molecule has 0 bridgehead atoms. The summed E-state index contributed by atoms with van der Waals surface area (Å²) in [5.41, 5.74) is 1.10. The minimum Gasteiger partial charge on any atom is -0.326 e. The van der Waals surface area contributed by atoms with Gasteiger partial charge in [0.05, 0.1) is 0 Å². The van der Waals surface area contributed by atoms with Crippen molar-refractivity contribution < 1.29 is 9.59 Å². The molecule has 1 aromatic rings. The molecule has 0 saturated carbocycles. The van der Waals surface area contributed by atoms with E-state index in [4.69, 9.17) is 0 Å². The van der Waals surface area contributed by atoms with Crippen molar-refractivity contribution in [3.63, 3.8) is 0 Å². The maximum absolute atomic E-state index is 12.3. The highest BCUT2D eigenvalue weighted by atomic mass is 16.2. The molecule has 102 valence electrons. The van der Waals surface area contributed by atoms with Gasteiger partial charge >= 0.3 is 0 Å². The normalized spacial score (nSPS) is 17.8. The molecule has 2 N–H and O–H groups in total. The Morgan fingerprint density at radius 2 is 1.74 bits per heavy atom. The number of carbonyl (C=O) groups excluding carboxylic acids is 2. The van der Waals surface area contributed by atoms with E-state index < -0.39 is 0 Å². The van der Waals surface area contributed by atoms with Gasteiger partial charge in [-0.05, 0) is 57.1 Å². The van der Waals surface area contributed by atoms with E-state index in [0.29, 0.717) is 5.56 Å². The van der Waals surface area contributed by atoms with E-state index in [1.807, 2.05) is 6.92 Å². The molecule has 2 rings (SSSR count). The summed E-state index contributed by atoms with van der Waals surface area (Å²) in [6.45, 7) is 5.30. The van der Waals surface area contributed by atoms with Crippen LogP contribution in [0.25, 0.3) is 0 Å². The van der Waals surface area contributed by atoms with Gasteiger partial charge in [-0.15, -0.1) is 0 Å². The zero-order chi connectivity index (χ0) is 13.9. The average Bonchev–Trinajstić information content (AvgIpc) is 2.40. The second kappa shape index (κ2) is 5.53. The van der Waals surface area contributed by atoms with Crippen molar-refractivity contribution in [3.8, 4) is 0 Å². The van der Waals surface area contributed by atoms with E-state index >= 15 is 0 Å². The Morgan fingerprint density at radius 1 is 1.16 bits per heavy atom. The molecule has 1 aliphatic rings. The number of hydrogen-bond acceptors (Lipinski definition) is 3. The first kappa shape index (κ1) is 13.7. The largest absolute Gasteiger partial charge is 0.326 e. The third kappa shape index (κ3) is 3.20. The number of Topliss-reactive ketones (excluding diaryl/α,β-unsaturated/α-hetero) is 1. The van der Waals surface area contributed by atoms with Gasteiger partial charge in [-0.3, -0.25) is 9.59 Å². The molecule has 4 nitrogen and oxygen atoms in total. The zero-order valence-electron chi connectivity index (χ0n) is 11.5. The fourth-order valence-electron chi connectivity index (χ4n) is 2.28. The Kier molecular flexibility index (Phi) is 4.00. The van der Waals surface area contributed by atoms with Gasteiger partial charge in [-0.2, -0.15) is 0 Å². The summed E-state index contributed by atoms with van der Waals surface area (Å²) in [5.74, 6) is 0.0905. The van der Waals surface area contributed by atoms with E-state index in [-0.39, 0.29) is 17.1 Å². The molecule has 1 saturated heterocycles. The van der Waals surface area contributed by atoms with Crippen LogP contribution in [0.1, 0.15) is 37.0 Å². The summed E-state index contributed by atoms with van der Waals surface area (Å²) >= 11 is 0. The minimum atomic E-state index is -0.301. The Labute approximate surface area is 113 Å². The molecule has 0 aliphatic carbocycles. The second-order valence-electron chi connectivity index (χ2n) is 5.40.